The Kier molecular flexibility index (Phi) is 4.37. The highest BCUT2D eigenvalue weighted by Crippen LogP contribution is 2.11. The second kappa shape index (κ2) is 6.03. The molecule has 0 aliphatic carbocycles. The summed E-state index contributed by atoms with van der Waals surface area (Å²) in [6, 6.07) is 8.45. The number of anilines is 1. The first kappa shape index (κ1) is 14.5. The third-order valence-corrected chi connectivity index (χ3v) is 4.83. The zero-order valence-electron chi connectivity index (χ0n) is 10.8. The van der Waals surface area contributed by atoms with Gasteiger partial charge in [0.05, 0.1) is 29.7 Å². The Hall–Kier alpha value is -1.91. The lowest BCUT2D eigenvalue weighted by Gasteiger charge is -2.10. The molecule has 1 atom stereocenters. The highest BCUT2D eigenvalue weighted by molar-refractivity contribution is 7.91. The zero-order chi connectivity index (χ0) is 14.6. The Morgan fingerprint density at radius 2 is 2.25 bits per heavy atom. The number of nitrogens with zero attached hydrogens (tertiary/aromatic N) is 1. The summed E-state index contributed by atoms with van der Waals surface area (Å²) in [5, 5.41) is 14.3. The van der Waals surface area contributed by atoms with Crippen LogP contribution in [0.2, 0.25) is 0 Å². The minimum atomic E-state index is -2.94. The van der Waals surface area contributed by atoms with Gasteiger partial charge in [0.15, 0.2) is 9.84 Å². The topological polar surface area (TPSA) is 99.1 Å². The molecule has 2 N–H and O–H groups in total. The molecule has 1 unspecified atom stereocenters. The van der Waals surface area contributed by atoms with Crippen molar-refractivity contribution in [1.29, 1.82) is 5.26 Å². The van der Waals surface area contributed by atoms with Gasteiger partial charge in [0, 0.05) is 11.7 Å². The maximum absolute atomic E-state index is 11.7. The van der Waals surface area contributed by atoms with Crippen LogP contribution in [0.4, 0.5) is 5.69 Å². The Morgan fingerprint density at radius 1 is 1.45 bits per heavy atom. The molecule has 20 heavy (non-hydrogen) atoms. The van der Waals surface area contributed by atoms with E-state index in [0.29, 0.717) is 17.7 Å². The van der Waals surface area contributed by atoms with Gasteiger partial charge in [-0.25, -0.2) is 8.42 Å². The number of nitriles is 1. The minimum absolute atomic E-state index is 0.0525. The van der Waals surface area contributed by atoms with Gasteiger partial charge < -0.3 is 10.6 Å². The summed E-state index contributed by atoms with van der Waals surface area (Å²) in [6.07, 6.45) is 0.541. The Morgan fingerprint density at radius 3 is 2.90 bits per heavy atom. The first-order valence-corrected chi connectivity index (χ1v) is 8.04. The van der Waals surface area contributed by atoms with Gasteiger partial charge in [0.2, 0.25) is 5.91 Å². The molecule has 7 heteroatoms. The van der Waals surface area contributed by atoms with Crippen molar-refractivity contribution in [2.75, 3.05) is 23.4 Å². The summed E-state index contributed by atoms with van der Waals surface area (Å²) < 4.78 is 22.6. The molecule has 1 aromatic rings. The van der Waals surface area contributed by atoms with Gasteiger partial charge in [-0.05, 0) is 24.6 Å². The first-order valence-electron chi connectivity index (χ1n) is 6.22. The van der Waals surface area contributed by atoms with Crippen molar-refractivity contribution in [3.63, 3.8) is 0 Å². The second-order valence-corrected chi connectivity index (χ2v) is 6.95. The number of sulfone groups is 1. The lowest BCUT2D eigenvalue weighted by molar-refractivity contribution is -0.115. The summed E-state index contributed by atoms with van der Waals surface area (Å²) in [7, 11) is -2.94. The van der Waals surface area contributed by atoms with Gasteiger partial charge in [-0.15, -0.1) is 0 Å². The summed E-state index contributed by atoms with van der Waals surface area (Å²) in [4.78, 5) is 11.7. The fourth-order valence-corrected chi connectivity index (χ4v) is 3.77. The molecule has 1 aromatic carbocycles. The van der Waals surface area contributed by atoms with Crippen molar-refractivity contribution in [2.45, 2.75) is 12.5 Å². The monoisotopic (exact) mass is 293 g/mol. The number of benzene rings is 1. The molecule has 1 amide bonds. The fraction of sp³-hybridized carbons (Fsp3) is 0.385. The van der Waals surface area contributed by atoms with Crippen LogP contribution in [0, 0.1) is 11.3 Å². The first-order chi connectivity index (χ1) is 9.48. The molecule has 1 aliphatic heterocycles. The van der Waals surface area contributed by atoms with Gasteiger partial charge in [-0.3, -0.25) is 4.79 Å². The lowest BCUT2D eigenvalue weighted by atomic mass is 10.2. The summed E-state index contributed by atoms with van der Waals surface area (Å²) in [6.45, 7) is 0.0525. The Bertz CT molecular complexity index is 649. The number of hydrogen-bond acceptors (Lipinski definition) is 5. The van der Waals surface area contributed by atoms with E-state index >= 15 is 0 Å². The van der Waals surface area contributed by atoms with Crippen LogP contribution in [0.1, 0.15) is 12.0 Å². The number of rotatable bonds is 4. The summed E-state index contributed by atoms with van der Waals surface area (Å²) >= 11 is 0. The number of amides is 1. The molecule has 0 bridgehead atoms. The molecule has 0 spiro atoms. The molecular formula is C13H15N3O3S. The van der Waals surface area contributed by atoms with Gasteiger partial charge >= 0.3 is 0 Å². The van der Waals surface area contributed by atoms with Crippen molar-refractivity contribution in [1.82, 2.24) is 5.32 Å². The normalized spacial score (nSPS) is 20.2. The number of hydrogen-bond donors (Lipinski definition) is 2. The van der Waals surface area contributed by atoms with E-state index in [4.69, 9.17) is 5.26 Å². The van der Waals surface area contributed by atoms with Crippen molar-refractivity contribution in [2.24, 2.45) is 0 Å². The van der Waals surface area contributed by atoms with E-state index in [2.05, 4.69) is 10.6 Å². The van der Waals surface area contributed by atoms with E-state index in [1.165, 1.54) is 0 Å². The Labute approximate surface area is 117 Å². The van der Waals surface area contributed by atoms with Crippen molar-refractivity contribution >= 4 is 21.4 Å². The molecule has 1 aliphatic rings. The lowest BCUT2D eigenvalue weighted by Crippen LogP contribution is -2.36. The van der Waals surface area contributed by atoms with Crippen LogP contribution in [-0.2, 0) is 14.6 Å². The highest BCUT2D eigenvalue weighted by atomic mass is 32.2. The molecule has 0 saturated carbocycles. The molecule has 0 aromatic heterocycles. The molecule has 1 fully saturated rings. The molecule has 6 nitrogen and oxygen atoms in total. The standard InChI is InChI=1S/C13H15N3O3S/c14-7-10-2-1-3-11(6-10)16-13(17)8-15-12-4-5-20(18,19)9-12/h1-3,6,12,15H,4-5,8-9H2,(H,16,17). The number of nitrogens with one attached hydrogen (secondary N) is 2. The van der Waals surface area contributed by atoms with Crippen LogP contribution in [0.3, 0.4) is 0 Å². The van der Waals surface area contributed by atoms with E-state index in [0.717, 1.165) is 0 Å². The zero-order valence-corrected chi connectivity index (χ0v) is 11.6. The predicted molar refractivity (Wildman–Crippen MR) is 74.8 cm³/mol. The van der Waals surface area contributed by atoms with Crippen LogP contribution >= 0.6 is 0 Å². The largest absolute Gasteiger partial charge is 0.325 e. The fourth-order valence-electron chi connectivity index (χ4n) is 2.06. The van der Waals surface area contributed by atoms with E-state index in [1.54, 1.807) is 24.3 Å². The molecular weight excluding hydrogens is 278 g/mol. The molecule has 0 radical (unpaired) electrons. The molecule has 106 valence electrons. The van der Waals surface area contributed by atoms with Gasteiger partial charge in [0.25, 0.3) is 0 Å². The van der Waals surface area contributed by atoms with Crippen LogP contribution in [0.15, 0.2) is 24.3 Å². The van der Waals surface area contributed by atoms with E-state index in [-0.39, 0.29) is 30.0 Å². The van der Waals surface area contributed by atoms with Crippen molar-refractivity contribution < 1.29 is 13.2 Å². The van der Waals surface area contributed by atoms with E-state index in [9.17, 15) is 13.2 Å². The highest BCUT2D eigenvalue weighted by Gasteiger charge is 2.27. The summed E-state index contributed by atoms with van der Waals surface area (Å²) in [5.74, 6) is 0.00476. The predicted octanol–water partition coefficient (Wildman–Crippen LogP) is 0.273. The second-order valence-electron chi connectivity index (χ2n) is 4.72. The maximum atomic E-state index is 11.7. The van der Waals surface area contributed by atoms with Crippen LogP contribution in [-0.4, -0.2) is 38.4 Å². The van der Waals surface area contributed by atoms with E-state index in [1.807, 2.05) is 6.07 Å². The number of carbonyl (C=O) groups excluding carboxylic acids is 1. The van der Waals surface area contributed by atoms with Crippen molar-refractivity contribution in [3.05, 3.63) is 29.8 Å². The molecule has 2 rings (SSSR count). The SMILES string of the molecule is N#Cc1cccc(NC(=O)CNC2CCS(=O)(=O)C2)c1. The Balaban J connectivity index is 1.83. The van der Waals surface area contributed by atoms with E-state index < -0.39 is 9.84 Å². The molecule has 1 saturated heterocycles. The van der Waals surface area contributed by atoms with Crippen molar-refractivity contribution in [3.8, 4) is 6.07 Å². The molecule has 1 heterocycles. The van der Waals surface area contributed by atoms with Crippen LogP contribution in [0.5, 0.6) is 0 Å². The quantitative estimate of drug-likeness (QED) is 0.830. The third kappa shape index (κ3) is 4.05. The maximum Gasteiger partial charge on any atom is 0.238 e. The average molecular weight is 293 g/mol. The number of carbonyl (C=O) groups is 1. The smallest absolute Gasteiger partial charge is 0.238 e. The minimum Gasteiger partial charge on any atom is -0.325 e. The third-order valence-electron chi connectivity index (χ3n) is 3.06. The van der Waals surface area contributed by atoms with Gasteiger partial charge in [-0.1, -0.05) is 6.07 Å². The van der Waals surface area contributed by atoms with Crippen LogP contribution < -0.4 is 10.6 Å². The van der Waals surface area contributed by atoms with Crippen LogP contribution in [0.25, 0.3) is 0 Å². The summed E-state index contributed by atoms with van der Waals surface area (Å²) in [5.41, 5.74) is 1.02. The average Bonchev–Trinajstić information content (AvgIpc) is 2.76. The van der Waals surface area contributed by atoms with Gasteiger partial charge in [0.1, 0.15) is 0 Å². The van der Waals surface area contributed by atoms with Gasteiger partial charge in [-0.2, -0.15) is 5.26 Å².